The fourth-order valence-electron chi connectivity index (χ4n) is 10.3. The summed E-state index contributed by atoms with van der Waals surface area (Å²) in [6.07, 6.45) is 1.88. The van der Waals surface area contributed by atoms with Gasteiger partial charge in [0.15, 0.2) is 93.4 Å². The number of aliphatic hydroxyl groups excluding tert-OH is 4. The number of aliphatic hydroxyl groups is 4. The molecule has 7 aliphatic rings. The number of carbonyl (C=O) groups is 3. The number of aryl methyl sites for hydroxylation is 3. The topological polar surface area (TPSA) is 624 Å². The molecule has 9 aromatic carbocycles. The van der Waals surface area contributed by atoms with Crippen molar-refractivity contribution in [3.05, 3.63) is 222 Å². The Kier molecular flexibility index (Phi) is 40.3. The van der Waals surface area contributed by atoms with Gasteiger partial charge in [0.1, 0.15) is 118 Å². The summed E-state index contributed by atoms with van der Waals surface area (Å²) in [6.45, 7) is 10.9. The third-order valence-corrected chi connectivity index (χ3v) is 17.8. The molecular weight excluding hydrogens is 1710 g/mol. The summed E-state index contributed by atoms with van der Waals surface area (Å²) in [5.74, 6) is 4.07. The van der Waals surface area contributed by atoms with E-state index in [0.717, 1.165) is 41.7 Å². The number of nitrogens with zero attached hydrogens (tertiary/aromatic N) is 10. The fourth-order valence-corrected chi connectivity index (χ4v) is 10.3. The maximum absolute atomic E-state index is 10.9. The molecule has 3 fully saturated rings. The number of nitrogen functional groups attached to an aromatic ring is 1. The number of phenolic OH excluding ortho intramolecular Hbond substituents is 5. The molecule has 7 heterocycles. The minimum atomic E-state index is -0.669. The number of fused-ring (bicyclic) bond motifs is 4. The third kappa shape index (κ3) is 33.8. The Balaban J connectivity index is 0.000000202. The zero-order chi connectivity index (χ0) is 95.6. The van der Waals surface area contributed by atoms with Crippen LogP contribution in [-0.2, 0) is 23.7 Å². The van der Waals surface area contributed by atoms with E-state index in [-0.39, 0.29) is 141 Å². The van der Waals surface area contributed by atoms with Gasteiger partial charge in [-0.05, 0) is 110 Å². The number of hydrogen-bond donors (Lipinski definition) is 10. The molecule has 0 saturated carbocycles. The first-order valence-electron chi connectivity index (χ1n) is 39.4. The van der Waals surface area contributed by atoms with Crippen LogP contribution in [0.25, 0.3) is 0 Å². The molecule has 682 valence electrons. The largest absolute Gasteiger partial charge is 0.508 e. The number of esters is 1. The molecule has 7 unspecified atom stereocenters. The molecule has 0 amide bonds. The molecule has 16 rings (SSSR count). The SMILES string of the molecule is CC(=O)OCC1COc2cc(C#N)c([N+](=O)[O-])cc2O1.CN(C)C=Nc1cc2c(cc1C#N)OCC(CO)O2.Cc1ccc(C#N)cc1O.Cc1ccc(C#N)cc1OCC1CO1.Cc1ccc(C=O)cc1O.N#Cc1cc2c(cc1N)OC(CO)CO2.N#Cc1ccc(O)c(OCC2CO2)c1.N#Cc1ccc2c(c1)OCC(CO)O2.O=Cc1ccc(O)c(O)c1.OCC1CO1. The van der Waals surface area contributed by atoms with E-state index in [1.807, 2.05) is 51.4 Å². The first kappa shape index (κ1) is 102. The number of carbonyl (C=O) groups excluding carboxylic acids is 3. The summed E-state index contributed by atoms with van der Waals surface area (Å²) >= 11 is 0. The van der Waals surface area contributed by atoms with Crippen LogP contribution in [0.5, 0.6) is 86.2 Å². The monoisotopic (exact) mass is 1800 g/mol. The van der Waals surface area contributed by atoms with E-state index in [1.54, 1.807) is 97.9 Å². The fraction of sp³-hybridized carbons (Fsp3) is 0.293. The quantitative estimate of drug-likeness (QED) is 0.00467. The highest BCUT2D eigenvalue weighted by molar-refractivity contribution is 5.77. The molecule has 9 aromatic rings. The van der Waals surface area contributed by atoms with E-state index in [4.69, 9.17) is 145 Å². The van der Waals surface area contributed by atoms with Crippen molar-refractivity contribution in [2.24, 2.45) is 4.99 Å². The van der Waals surface area contributed by atoms with E-state index >= 15 is 0 Å². The van der Waals surface area contributed by atoms with Gasteiger partial charge in [-0.3, -0.25) is 24.5 Å². The van der Waals surface area contributed by atoms with Crippen molar-refractivity contribution < 1.29 is 132 Å². The molecule has 131 heavy (non-hydrogen) atoms. The van der Waals surface area contributed by atoms with Crippen LogP contribution in [0.2, 0.25) is 0 Å². The van der Waals surface area contributed by atoms with Crippen LogP contribution in [0.4, 0.5) is 17.1 Å². The Hall–Kier alpha value is -16.4. The summed E-state index contributed by atoms with van der Waals surface area (Å²) in [6, 6.07) is 50.9. The lowest BCUT2D eigenvalue weighted by molar-refractivity contribution is -0.385. The van der Waals surface area contributed by atoms with Crippen LogP contribution >= 0.6 is 0 Å². The average Bonchev–Trinajstić information content (AvgIpc) is 1.47. The lowest BCUT2D eigenvalue weighted by Gasteiger charge is -2.25. The summed E-state index contributed by atoms with van der Waals surface area (Å²) < 4.78 is 73.5. The number of rotatable bonds is 17. The van der Waals surface area contributed by atoms with Gasteiger partial charge >= 0.3 is 5.97 Å². The van der Waals surface area contributed by atoms with Crippen molar-refractivity contribution in [3.63, 3.8) is 0 Å². The summed E-state index contributed by atoms with van der Waals surface area (Å²) in [5.41, 5.74) is 12.4. The molecule has 0 aliphatic carbocycles. The Morgan fingerprint density at radius 2 is 0.847 bits per heavy atom. The summed E-state index contributed by atoms with van der Waals surface area (Å²) in [4.78, 5) is 47.1. The molecule has 0 radical (unpaired) electrons. The number of anilines is 1. The lowest BCUT2D eigenvalue weighted by Crippen LogP contribution is -2.34. The second-order valence-electron chi connectivity index (χ2n) is 28.3. The van der Waals surface area contributed by atoms with Crippen LogP contribution in [0.3, 0.4) is 0 Å². The minimum absolute atomic E-state index is 0.0113. The maximum Gasteiger partial charge on any atom is 0.302 e. The second kappa shape index (κ2) is 51.9. The molecule has 39 heteroatoms. The lowest BCUT2D eigenvalue weighted by atomic mass is 10.1. The Morgan fingerprint density at radius 3 is 1.31 bits per heavy atom. The third-order valence-electron chi connectivity index (χ3n) is 17.8. The van der Waals surface area contributed by atoms with Crippen molar-refractivity contribution in [2.45, 2.75) is 70.4 Å². The number of phenols is 5. The van der Waals surface area contributed by atoms with E-state index in [0.29, 0.717) is 135 Å². The van der Waals surface area contributed by atoms with Crippen molar-refractivity contribution in [1.29, 1.82) is 36.8 Å². The van der Waals surface area contributed by atoms with Gasteiger partial charge in [0.2, 0.25) is 0 Å². The van der Waals surface area contributed by atoms with Gasteiger partial charge in [0.25, 0.3) is 5.69 Å². The van der Waals surface area contributed by atoms with Crippen LogP contribution in [-0.4, -0.2) is 230 Å². The number of nitro benzene ring substituents is 1. The Labute approximate surface area is 750 Å². The van der Waals surface area contributed by atoms with Gasteiger partial charge < -0.3 is 123 Å². The standard InChI is InChI=1S/C13H15N3O3.C12H10N2O6.C11H11NO2.C10H10N2O3.2C10H9NO3.C8H7NO.C8H8O2.C7H6O3.C3H6O2/c1-16(2)8-15-11-4-13-12(3-9(11)5-14)18-7-10(6-17)19-13;1-7(15)18-5-9-6-19-11-2-8(4-13)10(14(16)17)3-12(11)20-9;1-8-2-3-9(5-12)4-11(8)14-7-10-6-13-10;11-3-6-1-9-10(2-8(6)12)15-7(4-13)5-14-9;11-4-7-1-2-9(12)10(3-7)14-6-8-5-13-8;11-4-7-1-2-9-10(3-7)13-6-8(5-12)14-9;2*1-6-2-3-7(5-9)4-8(6)10;8-4-5-1-2-6(9)7(10)3-5;4-1-3-2-5-3/h3-4,8,10,17H,6-7H2,1-2H3;2-3,9H,5-6H2,1H3;2-4,10H,6-7H2,1H3;1-2,7,13H,4-5,12H2;2*1-3,8,12H,5-6H2;2-4,10H,1H3;2-5,10H,1H3;1-4,9-10H;3-4H,1-2H2. The van der Waals surface area contributed by atoms with Crippen LogP contribution in [0.15, 0.2) is 151 Å². The number of aldehydes is 2. The number of nitro groups is 1. The van der Waals surface area contributed by atoms with E-state index in [9.17, 15) is 29.6 Å². The van der Waals surface area contributed by atoms with Crippen molar-refractivity contribution in [1.82, 2.24) is 4.90 Å². The molecule has 0 bridgehead atoms. The predicted molar refractivity (Wildman–Crippen MR) is 462 cm³/mol. The molecule has 11 N–H and O–H groups in total. The number of ether oxygens (including phenoxy) is 14. The predicted octanol–water partition coefficient (Wildman–Crippen LogP) is 9.10. The number of hydrogen-bond acceptors (Lipinski definition) is 37. The maximum atomic E-state index is 10.9. The van der Waals surface area contributed by atoms with E-state index in [2.05, 4.69) is 21.9 Å². The van der Waals surface area contributed by atoms with Gasteiger partial charge in [-0.15, -0.1) is 0 Å². The summed E-state index contributed by atoms with van der Waals surface area (Å²) in [7, 11) is 3.69. The highest BCUT2D eigenvalue weighted by Gasteiger charge is 2.30. The molecule has 7 atom stereocenters. The number of epoxide rings is 3. The van der Waals surface area contributed by atoms with Crippen molar-refractivity contribution >= 4 is 41.9 Å². The van der Waals surface area contributed by atoms with Crippen LogP contribution in [0, 0.1) is 110 Å². The van der Waals surface area contributed by atoms with Gasteiger partial charge in [-0.2, -0.15) is 36.8 Å². The highest BCUT2D eigenvalue weighted by atomic mass is 16.6. The average molecular weight is 1800 g/mol. The smallest absolute Gasteiger partial charge is 0.302 e. The number of aliphatic imine (C=N–C) groups is 1. The first-order chi connectivity index (χ1) is 62.9. The first-order valence-corrected chi connectivity index (χ1v) is 39.4. The number of nitriles is 7. The molecule has 39 nitrogen and oxygen atoms in total. The Morgan fingerprint density at radius 1 is 0.443 bits per heavy atom. The molecule has 3 saturated heterocycles. The van der Waals surface area contributed by atoms with Gasteiger partial charge in [-0.1, -0.05) is 24.3 Å². The number of benzene rings is 9. The zero-order valence-electron chi connectivity index (χ0n) is 71.4. The normalized spacial score (nSPS) is 16.4. The van der Waals surface area contributed by atoms with Crippen molar-refractivity contribution in [3.8, 4) is 129 Å². The van der Waals surface area contributed by atoms with Crippen LogP contribution in [0.1, 0.15) is 83.3 Å². The molecular formula is C92H91N11O28. The zero-order valence-corrected chi connectivity index (χ0v) is 71.4. The molecule has 7 aliphatic heterocycles. The number of nitrogens with two attached hydrogens (primary N) is 1. The molecule has 0 aromatic heterocycles. The molecule has 0 spiro atoms. The number of aromatic hydroxyl groups is 5. The summed E-state index contributed by atoms with van der Waals surface area (Å²) in [5, 5.41) is 152. The second-order valence-corrected chi connectivity index (χ2v) is 28.3. The van der Waals surface area contributed by atoms with E-state index in [1.165, 1.54) is 73.7 Å². The highest BCUT2D eigenvalue weighted by Crippen LogP contribution is 2.41. The van der Waals surface area contributed by atoms with Crippen LogP contribution < -0.4 is 53.1 Å². The van der Waals surface area contributed by atoms with Gasteiger partial charge in [0, 0.05) is 74.6 Å². The van der Waals surface area contributed by atoms with Gasteiger partial charge in [-0.25, -0.2) is 4.99 Å². The minimum Gasteiger partial charge on any atom is -0.508 e. The van der Waals surface area contributed by atoms with Gasteiger partial charge in [0.05, 0.1) is 133 Å². The Bertz CT molecular complexity index is 5650. The van der Waals surface area contributed by atoms with Crippen molar-refractivity contribution in [2.75, 3.05) is 112 Å². The van der Waals surface area contributed by atoms with E-state index < -0.39 is 17.0 Å².